The maximum absolute atomic E-state index is 13.1. The Balaban J connectivity index is 0.000000198. The van der Waals surface area contributed by atoms with Crippen LogP contribution in [0.25, 0.3) is 0 Å². The van der Waals surface area contributed by atoms with Crippen molar-refractivity contribution in [1.82, 2.24) is 30.1 Å². The lowest BCUT2D eigenvalue weighted by molar-refractivity contribution is -0.155. The first kappa shape index (κ1) is 48.5. The van der Waals surface area contributed by atoms with Crippen molar-refractivity contribution in [3.05, 3.63) is 94.2 Å². The van der Waals surface area contributed by atoms with Crippen LogP contribution in [0.2, 0.25) is 0 Å². The molecule has 0 spiro atoms. The van der Waals surface area contributed by atoms with Gasteiger partial charge in [0.05, 0.1) is 12.8 Å². The number of amides is 2. The first-order valence-electron chi connectivity index (χ1n) is 24.7. The Labute approximate surface area is 389 Å². The van der Waals surface area contributed by atoms with Gasteiger partial charge in [-0.15, -0.1) is 0 Å². The second-order valence-corrected chi connectivity index (χ2v) is 20.1. The van der Waals surface area contributed by atoms with Gasteiger partial charge in [0.25, 0.3) is 23.5 Å². The van der Waals surface area contributed by atoms with Gasteiger partial charge in [0.2, 0.25) is 11.8 Å². The maximum Gasteiger partial charge on any atom is 0.307 e. The van der Waals surface area contributed by atoms with E-state index in [2.05, 4.69) is 38.5 Å². The van der Waals surface area contributed by atoms with Crippen LogP contribution >= 0.6 is 0 Å². The lowest BCUT2D eigenvalue weighted by Crippen LogP contribution is -2.36. The number of nitrogens with zero attached hydrogens (tertiary/aromatic N) is 6. The van der Waals surface area contributed by atoms with E-state index in [0.717, 1.165) is 67.9 Å². The van der Waals surface area contributed by atoms with Crippen molar-refractivity contribution in [2.75, 3.05) is 13.1 Å². The van der Waals surface area contributed by atoms with Crippen molar-refractivity contribution in [2.24, 2.45) is 11.8 Å². The molecule has 1 N–H and O–H groups in total. The van der Waals surface area contributed by atoms with Crippen molar-refractivity contribution in [3.8, 4) is 0 Å². The van der Waals surface area contributed by atoms with Crippen LogP contribution in [0.15, 0.2) is 57.6 Å². The van der Waals surface area contributed by atoms with Crippen LogP contribution in [0.3, 0.4) is 0 Å². The normalized spacial score (nSPS) is 17.7. The number of aromatic nitrogens is 4. The fourth-order valence-corrected chi connectivity index (χ4v) is 10.3. The smallest absolute Gasteiger partial charge is 0.307 e. The second-order valence-electron chi connectivity index (χ2n) is 20.1. The van der Waals surface area contributed by atoms with Crippen LogP contribution in [-0.4, -0.2) is 77.6 Å². The molecular weight excluding hydrogens is 837 g/mol. The number of fused-ring (bicyclic) bond motifs is 2. The average Bonchev–Trinajstić information content (AvgIpc) is 4.02. The van der Waals surface area contributed by atoms with Gasteiger partial charge in [-0.3, -0.25) is 19.2 Å². The summed E-state index contributed by atoms with van der Waals surface area (Å²) in [6.45, 7) is 7.90. The van der Waals surface area contributed by atoms with Gasteiger partial charge in [-0.05, 0) is 80.5 Å². The van der Waals surface area contributed by atoms with Crippen molar-refractivity contribution in [3.63, 3.8) is 0 Å². The highest BCUT2D eigenvalue weighted by Gasteiger charge is 2.31. The lowest BCUT2D eigenvalue weighted by atomic mass is 9.84. The molecule has 4 aliphatic rings. The van der Waals surface area contributed by atoms with Gasteiger partial charge in [-0.1, -0.05) is 149 Å². The number of benzene rings is 2. The molecule has 0 bridgehead atoms. The minimum Gasteiger partial charge on any atom is -0.481 e. The molecule has 66 heavy (non-hydrogen) atoms. The van der Waals surface area contributed by atoms with E-state index in [1.54, 1.807) is 9.80 Å². The molecule has 2 aromatic heterocycles. The number of carbonyl (C=O) groups is 4. The molecule has 2 saturated carbocycles. The Bertz CT molecular complexity index is 2220. The standard InChI is InChI=1S/C28H39N3O4.C24H31N3O4/c1-28(2,3)34-24(32)18-22(15-9-12-20-10-5-4-6-11-20)26-29-25(30-35-26)27(33)31-17-16-21-13-7-8-14-23(21)19-31;28-21(29)15-19(12-6-9-17-7-2-1-3-8-17)23-25-22(26-31-23)24(30)27-14-13-18-10-4-5-11-20(18)16-27/h7-8,13-14,20,22H,4-6,9-12,15-19H2,1-3H3;4-5,10-11,17,19H,1-3,6-9,12-16H2,(H,28,29)/t22-;19-/m11/s1. The third-order valence-electron chi connectivity index (χ3n) is 13.8. The number of aliphatic carboxylic acids is 1. The molecule has 4 aromatic rings. The number of rotatable bonds is 16. The van der Waals surface area contributed by atoms with Gasteiger partial charge in [0.15, 0.2) is 0 Å². The van der Waals surface area contributed by atoms with Crippen LogP contribution in [0, 0.1) is 11.8 Å². The maximum atomic E-state index is 13.1. The largest absolute Gasteiger partial charge is 0.481 e. The van der Waals surface area contributed by atoms with Crippen LogP contribution in [-0.2, 0) is 40.3 Å². The van der Waals surface area contributed by atoms with Gasteiger partial charge in [0.1, 0.15) is 5.60 Å². The molecule has 2 fully saturated rings. The zero-order chi connectivity index (χ0) is 46.5. The van der Waals surface area contributed by atoms with Crippen LogP contribution in [0.4, 0.5) is 0 Å². The average molecular weight is 907 g/mol. The Morgan fingerprint density at radius 3 is 1.50 bits per heavy atom. The summed E-state index contributed by atoms with van der Waals surface area (Å²) in [5.74, 6) is -0.00528. The van der Waals surface area contributed by atoms with Crippen molar-refractivity contribution in [2.45, 2.75) is 180 Å². The van der Waals surface area contributed by atoms with E-state index in [9.17, 15) is 24.3 Å². The van der Waals surface area contributed by atoms with Gasteiger partial charge < -0.3 is 28.7 Å². The second kappa shape index (κ2) is 23.4. The monoisotopic (exact) mass is 907 g/mol. The van der Waals surface area contributed by atoms with E-state index in [0.29, 0.717) is 38.5 Å². The molecule has 2 atom stereocenters. The van der Waals surface area contributed by atoms with Crippen LogP contribution < -0.4 is 0 Å². The van der Waals surface area contributed by atoms with E-state index in [1.807, 2.05) is 51.1 Å². The van der Waals surface area contributed by atoms with E-state index >= 15 is 0 Å². The highest BCUT2D eigenvalue weighted by molar-refractivity contribution is 5.91. The zero-order valence-electron chi connectivity index (χ0n) is 39.4. The molecule has 356 valence electrons. The van der Waals surface area contributed by atoms with Gasteiger partial charge >= 0.3 is 11.9 Å². The first-order valence-corrected chi connectivity index (χ1v) is 24.7. The van der Waals surface area contributed by atoms with Gasteiger partial charge in [-0.25, -0.2) is 0 Å². The third-order valence-corrected chi connectivity index (χ3v) is 13.8. The molecule has 0 unspecified atom stereocenters. The fourth-order valence-electron chi connectivity index (χ4n) is 10.3. The van der Waals surface area contributed by atoms with Crippen molar-refractivity contribution < 1.29 is 38.1 Å². The molecule has 2 amide bonds. The number of hydrogen-bond donors (Lipinski definition) is 1. The highest BCUT2D eigenvalue weighted by Crippen LogP contribution is 2.34. The van der Waals surface area contributed by atoms with Crippen LogP contribution in [0.5, 0.6) is 0 Å². The zero-order valence-corrected chi connectivity index (χ0v) is 39.4. The van der Waals surface area contributed by atoms with Crippen molar-refractivity contribution >= 4 is 23.8 Å². The molecule has 0 radical (unpaired) electrons. The molecule has 2 aromatic carbocycles. The number of carboxylic acid groups (broad SMARTS) is 1. The molecular formula is C52H70N6O8. The molecule has 2 aliphatic carbocycles. The third kappa shape index (κ3) is 14.1. The molecule has 0 saturated heterocycles. The number of esters is 1. The summed E-state index contributed by atoms with van der Waals surface area (Å²) in [4.78, 5) is 62.4. The number of ether oxygens (including phenoxy) is 1. The number of carbonyl (C=O) groups excluding carboxylic acids is 3. The van der Waals surface area contributed by atoms with Gasteiger partial charge in [-0.2, -0.15) is 9.97 Å². The summed E-state index contributed by atoms with van der Waals surface area (Å²) in [6.07, 6.45) is 20.5. The summed E-state index contributed by atoms with van der Waals surface area (Å²) < 4.78 is 16.5. The molecule has 14 nitrogen and oxygen atoms in total. The van der Waals surface area contributed by atoms with E-state index in [4.69, 9.17) is 13.8 Å². The molecule has 8 rings (SSSR count). The van der Waals surface area contributed by atoms with Crippen molar-refractivity contribution in [1.29, 1.82) is 0 Å². The highest BCUT2D eigenvalue weighted by atomic mass is 16.6. The summed E-state index contributed by atoms with van der Waals surface area (Å²) in [6, 6.07) is 16.3. The van der Waals surface area contributed by atoms with Crippen LogP contribution in [0.1, 0.15) is 203 Å². The lowest BCUT2D eigenvalue weighted by Gasteiger charge is -2.27. The van der Waals surface area contributed by atoms with E-state index < -0.39 is 11.6 Å². The van der Waals surface area contributed by atoms with E-state index in [1.165, 1.54) is 75.3 Å². The number of hydrogen-bond acceptors (Lipinski definition) is 11. The number of carboxylic acids is 1. The Morgan fingerprint density at radius 2 is 1.08 bits per heavy atom. The Kier molecular flexibility index (Phi) is 17.2. The summed E-state index contributed by atoms with van der Waals surface area (Å²) in [7, 11) is 0. The minimum atomic E-state index is -0.888. The quantitative estimate of drug-likeness (QED) is 0.105. The Hall–Kier alpha value is -5.40. The molecule has 4 heterocycles. The Morgan fingerprint density at radius 1 is 0.652 bits per heavy atom. The predicted molar refractivity (Wildman–Crippen MR) is 247 cm³/mol. The summed E-state index contributed by atoms with van der Waals surface area (Å²) in [5, 5.41) is 17.3. The summed E-state index contributed by atoms with van der Waals surface area (Å²) >= 11 is 0. The summed E-state index contributed by atoms with van der Waals surface area (Å²) in [5.41, 5.74) is 4.28. The van der Waals surface area contributed by atoms with Gasteiger partial charge in [0, 0.05) is 38.0 Å². The fraction of sp³-hybridized carbons (Fsp3) is 0.615. The predicted octanol–water partition coefficient (Wildman–Crippen LogP) is 10.4. The first-order chi connectivity index (χ1) is 31.9. The van der Waals surface area contributed by atoms with E-state index in [-0.39, 0.29) is 60.0 Å². The molecule has 14 heteroatoms. The topological polar surface area (TPSA) is 182 Å². The molecule has 2 aliphatic heterocycles. The SMILES string of the molecule is CC(C)(C)OC(=O)C[C@@H](CCCC1CCCCC1)c1nc(C(=O)N2CCc3ccccc3C2)no1.O=C(O)C[C@@H](CCCC1CCCCC1)c1nc(C(=O)N2CCc3ccccc3C2)no1. The minimum absolute atomic E-state index is 0.0250.